The van der Waals surface area contributed by atoms with Crippen molar-refractivity contribution in [3.8, 4) is 0 Å². The van der Waals surface area contributed by atoms with E-state index in [2.05, 4.69) is 24.1 Å². The molecule has 2 aromatic carbocycles. The fourth-order valence-corrected chi connectivity index (χ4v) is 3.21. The molecule has 3 rings (SSSR count). The van der Waals surface area contributed by atoms with Crippen LogP contribution in [0.4, 0.5) is 5.69 Å². The average Bonchev–Trinajstić information content (AvgIpc) is 2.62. The minimum Gasteiger partial charge on any atom is -0.378 e. The lowest BCUT2D eigenvalue weighted by Gasteiger charge is -2.40. The highest BCUT2D eigenvalue weighted by atomic mass is 16.2. The van der Waals surface area contributed by atoms with Crippen molar-refractivity contribution in [1.29, 1.82) is 0 Å². The van der Waals surface area contributed by atoms with Crippen molar-refractivity contribution in [3.63, 3.8) is 0 Å². The van der Waals surface area contributed by atoms with E-state index in [0.29, 0.717) is 0 Å². The number of likely N-dealkylation sites (N-methyl/N-ethyl adjacent to an activating group) is 1. The molecule has 0 aromatic heterocycles. The molecule has 0 saturated carbocycles. The van der Waals surface area contributed by atoms with Crippen molar-refractivity contribution in [2.24, 2.45) is 0 Å². The predicted molar refractivity (Wildman–Crippen MR) is 98.5 cm³/mol. The monoisotopic (exact) mass is 323 g/mol. The second-order valence-corrected chi connectivity index (χ2v) is 6.63. The van der Waals surface area contributed by atoms with Crippen LogP contribution in [0.25, 0.3) is 0 Å². The van der Waals surface area contributed by atoms with E-state index in [9.17, 15) is 4.79 Å². The van der Waals surface area contributed by atoms with Crippen LogP contribution in [0.15, 0.2) is 54.6 Å². The minimum absolute atomic E-state index is 0.0977. The third-order valence-corrected chi connectivity index (χ3v) is 4.64. The van der Waals surface area contributed by atoms with Crippen molar-refractivity contribution >= 4 is 11.6 Å². The van der Waals surface area contributed by atoms with Crippen LogP contribution in [0.3, 0.4) is 0 Å². The van der Waals surface area contributed by atoms with Gasteiger partial charge in [-0.15, -0.1) is 0 Å². The molecule has 0 aliphatic carbocycles. The Bertz CT molecular complexity index is 699. The summed E-state index contributed by atoms with van der Waals surface area (Å²) in [7, 11) is 6.10. The Balaban J connectivity index is 1.90. The Kier molecular flexibility index (Phi) is 4.86. The molecule has 0 N–H and O–H groups in total. The van der Waals surface area contributed by atoms with Crippen LogP contribution in [-0.2, 0) is 0 Å². The van der Waals surface area contributed by atoms with Gasteiger partial charge in [-0.25, -0.2) is 0 Å². The Morgan fingerprint density at radius 3 is 2.50 bits per heavy atom. The van der Waals surface area contributed by atoms with Gasteiger partial charge >= 0.3 is 0 Å². The van der Waals surface area contributed by atoms with Gasteiger partial charge in [0.15, 0.2) is 0 Å². The van der Waals surface area contributed by atoms with Crippen molar-refractivity contribution < 1.29 is 4.79 Å². The molecule has 1 heterocycles. The van der Waals surface area contributed by atoms with E-state index in [1.165, 1.54) is 5.56 Å². The lowest BCUT2D eigenvalue weighted by atomic mass is 10.0. The van der Waals surface area contributed by atoms with E-state index in [4.69, 9.17) is 0 Å². The number of benzene rings is 2. The molecule has 0 bridgehead atoms. The minimum atomic E-state index is 0.0977. The number of carbonyl (C=O) groups excluding carboxylic acids is 1. The molecule has 1 aliphatic heterocycles. The standard InChI is InChI=1S/C20H25N3O/c1-21(2)18-11-7-10-17(14-18)20(24)23-13-12-22(3)15-19(23)16-8-5-4-6-9-16/h4-11,14,19H,12-13,15H2,1-3H3/t19-/m1/s1. The van der Waals surface area contributed by atoms with E-state index >= 15 is 0 Å². The molecule has 4 nitrogen and oxygen atoms in total. The first-order valence-corrected chi connectivity index (χ1v) is 8.38. The maximum Gasteiger partial charge on any atom is 0.254 e. The Morgan fingerprint density at radius 1 is 1.04 bits per heavy atom. The summed E-state index contributed by atoms with van der Waals surface area (Å²) in [6.07, 6.45) is 0. The second-order valence-electron chi connectivity index (χ2n) is 6.63. The van der Waals surface area contributed by atoms with Gasteiger partial charge in [0.25, 0.3) is 5.91 Å². The molecule has 4 heteroatoms. The van der Waals surface area contributed by atoms with E-state index in [0.717, 1.165) is 30.9 Å². The largest absolute Gasteiger partial charge is 0.378 e. The van der Waals surface area contributed by atoms with Crippen molar-refractivity contribution in [1.82, 2.24) is 9.80 Å². The van der Waals surface area contributed by atoms with E-state index in [-0.39, 0.29) is 11.9 Å². The first kappa shape index (κ1) is 16.5. The van der Waals surface area contributed by atoms with E-state index in [1.54, 1.807) is 0 Å². The molecule has 1 saturated heterocycles. The van der Waals surface area contributed by atoms with Gasteiger partial charge in [-0.2, -0.15) is 0 Å². The number of amides is 1. The van der Waals surface area contributed by atoms with Gasteiger partial charge in [0.1, 0.15) is 0 Å². The highest BCUT2D eigenvalue weighted by Gasteiger charge is 2.30. The first-order chi connectivity index (χ1) is 11.6. The van der Waals surface area contributed by atoms with Crippen LogP contribution in [0.1, 0.15) is 22.0 Å². The van der Waals surface area contributed by atoms with Gasteiger partial charge in [-0.1, -0.05) is 36.4 Å². The van der Waals surface area contributed by atoms with Gasteiger partial charge in [0.2, 0.25) is 0 Å². The van der Waals surface area contributed by atoms with Gasteiger partial charge in [0.05, 0.1) is 6.04 Å². The molecule has 0 radical (unpaired) electrons. The fourth-order valence-electron chi connectivity index (χ4n) is 3.21. The summed E-state index contributed by atoms with van der Waals surface area (Å²) in [4.78, 5) is 19.5. The van der Waals surface area contributed by atoms with Gasteiger partial charge in [-0.3, -0.25) is 4.79 Å². The van der Waals surface area contributed by atoms with Gasteiger partial charge in [-0.05, 0) is 30.8 Å². The molecule has 0 spiro atoms. The second kappa shape index (κ2) is 7.05. The van der Waals surface area contributed by atoms with Crippen molar-refractivity contribution in [2.45, 2.75) is 6.04 Å². The Hall–Kier alpha value is -2.33. The molecular weight excluding hydrogens is 298 g/mol. The number of nitrogens with zero attached hydrogens (tertiary/aromatic N) is 3. The van der Waals surface area contributed by atoms with E-state index in [1.807, 2.05) is 66.4 Å². The van der Waals surface area contributed by atoms with Crippen LogP contribution in [0.5, 0.6) is 0 Å². The Labute approximate surface area is 144 Å². The SMILES string of the molecule is CN1CCN(C(=O)c2cccc(N(C)C)c2)[C@@H](c2ccccc2)C1. The topological polar surface area (TPSA) is 26.8 Å². The Morgan fingerprint density at radius 2 is 1.79 bits per heavy atom. The maximum absolute atomic E-state index is 13.2. The highest BCUT2D eigenvalue weighted by molar-refractivity contribution is 5.95. The number of carbonyl (C=O) groups is 1. The maximum atomic E-state index is 13.2. The summed E-state index contributed by atoms with van der Waals surface area (Å²) < 4.78 is 0. The van der Waals surface area contributed by atoms with Crippen LogP contribution >= 0.6 is 0 Å². The lowest BCUT2D eigenvalue weighted by Crippen LogP contribution is -2.49. The van der Waals surface area contributed by atoms with Gasteiger partial charge in [0, 0.05) is 45.0 Å². The zero-order chi connectivity index (χ0) is 17.1. The summed E-state index contributed by atoms with van der Waals surface area (Å²) >= 11 is 0. The highest BCUT2D eigenvalue weighted by Crippen LogP contribution is 2.27. The third-order valence-electron chi connectivity index (χ3n) is 4.64. The quantitative estimate of drug-likeness (QED) is 0.869. The number of piperazine rings is 1. The third kappa shape index (κ3) is 3.44. The molecule has 1 aliphatic rings. The molecule has 1 atom stereocenters. The molecular formula is C20H25N3O. The van der Waals surface area contributed by atoms with Crippen molar-refractivity contribution in [2.75, 3.05) is 45.7 Å². The molecule has 24 heavy (non-hydrogen) atoms. The average molecular weight is 323 g/mol. The van der Waals surface area contributed by atoms with Crippen LogP contribution < -0.4 is 4.90 Å². The molecule has 2 aromatic rings. The predicted octanol–water partition coefficient (Wildman–Crippen LogP) is 2.88. The summed E-state index contributed by atoms with van der Waals surface area (Å²) in [5.41, 5.74) is 3.00. The number of hydrogen-bond donors (Lipinski definition) is 0. The zero-order valence-electron chi connectivity index (χ0n) is 14.6. The summed E-state index contributed by atoms with van der Waals surface area (Å²) in [5.74, 6) is 0.112. The normalized spacial score (nSPS) is 18.5. The summed E-state index contributed by atoms with van der Waals surface area (Å²) in [6.45, 7) is 2.52. The molecule has 126 valence electrons. The molecule has 0 unspecified atom stereocenters. The molecule has 1 fully saturated rings. The number of hydrogen-bond acceptors (Lipinski definition) is 3. The van der Waals surface area contributed by atoms with Crippen LogP contribution in [-0.4, -0.2) is 56.5 Å². The number of rotatable bonds is 3. The smallest absolute Gasteiger partial charge is 0.254 e. The van der Waals surface area contributed by atoms with Crippen molar-refractivity contribution in [3.05, 3.63) is 65.7 Å². The summed E-state index contributed by atoms with van der Waals surface area (Å²) in [6, 6.07) is 18.3. The van der Waals surface area contributed by atoms with Gasteiger partial charge < -0.3 is 14.7 Å². The molecule has 1 amide bonds. The van der Waals surface area contributed by atoms with Crippen LogP contribution in [0.2, 0.25) is 0 Å². The lowest BCUT2D eigenvalue weighted by molar-refractivity contribution is 0.0498. The summed E-state index contributed by atoms with van der Waals surface area (Å²) in [5, 5.41) is 0. The fraction of sp³-hybridized carbons (Fsp3) is 0.350. The van der Waals surface area contributed by atoms with Crippen LogP contribution in [0, 0.1) is 0 Å². The number of anilines is 1. The first-order valence-electron chi connectivity index (χ1n) is 8.38. The van der Waals surface area contributed by atoms with E-state index < -0.39 is 0 Å². The zero-order valence-corrected chi connectivity index (χ0v) is 14.6.